The van der Waals surface area contributed by atoms with Crippen LogP contribution in [0.15, 0.2) is 0 Å². The van der Waals surface area contributed by atoms with E-state index in [0.29, 0.717) is 6.54 Å². The van der Waals surface area contributed by atoms with E-state index in [9.17, 15) is 0 Å². The molecule has 0 heterocycles. The summed E-state index contributed by atoms with van der Waals surface area (Å²) in [7, 11) is 0. The zero-order valence-electron chi connectivity index (χ0n) is 7.56. The van der Waals surface area contributed by atoms with E-state index in [4.69, 9.17) is 5.26 Å². The predicted molar refractivity (Wildman–Crippen MR) is 47.2 cm³/mol. The Morgan fingerprint density at radius 3 is 2.45 bits per heavy atom. The number of hydrogen-bond acceptors (Lipinski definition) is 2. The van der Waals surface area contributed by atoms with Crippen LogP contribution >= 0.6 is 0 Å². The third-order valence-electron chi connectivity index (χ3n) is 2.09. The van der Waals surface area contributed by atoms with Crippen LogP contribution in [0.1, 0.15) is 33.1 Å². The zero-order chi connectivity index (χ0) is 8.53. The molecule has 2 nitrogen and oxygen atoms in total. The van der Waals surface area contributed by atoms with Gasteiger partial charge in [0.25, 0.3) is 0 Å². The van der Waals surface area contributed by atoms with E-state index in [0.717, 1.165) is 12.5 Å². The molecule has 0 fully saturated rings. The minimum absolute atomic E-state index is 0.486. The van der Waals surface area contributed by atoms with Crippen molar-refractivity contribution in [2.75, 3.05) is 13.1 Å². The Morgan fingerprint density at radius 2 is 2.00 bits per heavy atom. The van der Waals surface area contributed by atoms with Crippen molar-refractivity contribution in [2.45, 2.75) is 33.1 Å². The second kappa shape index (κ2) is 7.56. The molecule has 0 saturated carbocycles. The number of nitrogens with one attached hydrogen (secondary N) is 1. The van der Waals surface area contributed by atoms with E-state index in [1.165, 1.54) is 19.3 Å². The molecular formula is C9H18N2. The van der Waals surface area contributed by atoms with Crippen molar-refractivity contribution in [3.05, 3.63) is 0 Å². The van der Waals surface area contributed by atoms with Crippen LogP contribution in [0, 0.1) is 17.2 Å². The van der Waals surface area contributed by atoms with Crippen LogP contribution in [0.2, 0.25) is 0 Å². The van der Waals surface area contributed by atoms with Gasteiger partial charge in [0.05, 0.1) is 12.6 Å². The number of rotatable bonds is 6. The summed E-state index contributed by atoms with van der Waals surface area (Å²) < 4.78 is 0. The fourth-order valence-corrected chi connectivity index (χ4v) is 1.15. The normalized spacial score (nSPS) is 10.0. The first-order valence-electron chi connectivity index (χ1n) is 4.42. The quantitative estimate of drug-likeness (QED) is 0.468. The van der Waals surface area contributed by atoms with Crippen molar-refractivity contribution < 1.29 is 0 Å². The Morgan fingerprint density at radius 1 is 1.36 bits per heavy atom. The average molecular weight is 154 g/mol. The summed E-state index contributed by atoms with van der Waals surface area (Å²) in [4.78, 5) is 0. The number of nitrogens with zero attached hydrogens (tertiary/aromatic N) is 1. The molecule has 2 heteroatoms. The number of hydrogen-bond donors (Lipinski definition) is 1. The molecule has 0 saturated heterocycles. The molecule has 0 aliphatic heterocycles. The lowest BCUT2D eigenvalue weighted by Gasteiger charge is -2.10. The molecule has 1 N–H and O–H groups in total. The summed E-state index contributed by atoms with van der Waals surface area (Å²) in [5.74, 6) is 0.834. The van der Waals surface area contributed by atoms with Crippen molar-refractivity contribution in [3.8, 4) is 6.07 Å². The summed E-state index contributed by atoms with van der Waals surface area (Å²) in [6.07, 6.45) is 3.71. The predicted octanol–water partition coefficient (Wildman–Crippen LogP) is 1.93. The van der Waals surface area contributed by atoms with Gasteiger partial charge in [-0.3, -0.25) is 0 Å². The molecule has 0 aliphatic carbocycles. The largest absolute Gasteiger partial charge is 0.304 e. The van der Waals surface area contributed by atoms with Gasteiger partial charge in [-0.2, -0.15) is 5.26 Å². The highest BCUT2D eigenvalue weighted by Gasteiger charge is 2.01. The van der Waals surface area contributed by atoms with Crippen LogP contribution in [0.4, 0.5) is 0 Å². The number of nitriles is 1. The van der Waals surface area contributed by atoms with Gasteiger partial charge >= 0.3 is 0 Å². The first-order chi connectivity index (χ1) is 5.35. The third kappa shape index (κ3) is 5.87. The van der Waals surface area contributed by atoms with Gasteiger partial charge in [0, 0.05) is 0 Å². The van der Waals surface area contributed by atoms with Gasteiger partial charge in [-0.05, 0) is 18.9 Å². The molecule has 11 heavy (non-hydrogen) atoms. The Kier molecular flexibility index (Phi) is 7.18. The minimum Gasteiger partial charge on any atom is -0.304 e. The molecule has 0 aromatic heterocycles. The average Bonchev–Trinajstić information content (AvgIpc) is 2.05. The maximum Gasteiger partial charge on any atom is 0.0840 e. The zero-order valence-corrected chi connectivity index (χ0v) is 7.56. The molecular weight excluding hydrogens is 136 g/mol. The molecule has 0 bridgehead atoms. The molecule has 0 amide bonds. The lowest BCUT2D eigenvalue weighted by Crippen LogP contribution is -2.17. The fourth-order valence-electron chi connectivity index (χ4n) is 1.15. The van der Waals surface area contributed by atoms with Gasteiger partial charge in [-0.15, -0.1) is 0 Å². The van der Waals surface area contributed by atoms with Crippen LogP contribution in [0.5, 0.6) is 0 Å². The molecule has 0 aliphatic rings. The second-order valence-corrected chi connectivity index (χ2v) is 2.81. The van der Waals surface area contributed by atoms with Gasteiger partial charge in [0.2, 0.25) is 0 Å². The van der Waals surface area contributed by atoms with E-state index in [1.807, 2.05) is 0 Å². The topological polar surface area (TPSA) is 35.8 Å². The molecule has 0 unspecified atom stereocenters. The Bertz CT molecular complexity index is 111. The van der Waals surface area contributed by atoms with Crippen molar-refractivity contribution in [3.63, 3.8) is 0 Å². The van der Waals surface area contributed by atoms with E-state index >= 15 is 0 Å². The molecule has 0 spiro atoms. The van der Waals surface area contributed by atoms with Crippen molar-refractivity contribution in [1.82, 2.24) is 5.32 Å². The van der Waals surface area contributed by atoms with Crippen LogP contribution < -0.4 is 5.32 Å². The molecule has 64 valence electrons. The van der Waals surface area contributed by atoms with E-state index < -0.39 is 0 Å². The summed E-state index contributed by atoms with van der Waals surface area (Å²) in [6, 6.07) is 2.07. The highest BCUT2D eigenvalue weighted by molar-refractivity contribution is 4.72. The van der Waals surface area contributed by atoms with Gasteiger partial charge in [0.1, 0.15) is 0 Å². The third-order valence-corrected chi connectivity index (χ3v) is 2.09. The highest BCUT2D eigenvalue weighted by atomic mass is 14.8. The molecule has 0 radical (unpaired) electrons. The van der Waals surface area contributed by atoms with Gasteiger partial charge in [-0.25, -0.2) is 0 Å². The smallest absolute Gasteiger partial charge is 0.0840 e. The van der Waals surface area contributed by atoms with Gasteiger partial charge in [0.15, 0.2) is 0 Å². The maximum atomic E-state index is 8.23. The van der Waals surface area contributed by atoms with Gasteiger partial charge < -0.3 is 5.32 Å². The van der Waals surface area contributed by atoms with Crippen molar-refractivity contribution in [1.29, 1.82) is 5.26 Å². The summed E-state index contributed by atoms with van der Waals surface area (Å²) in [6.45, 7) is 5.91. The van der Waals surface area contributed by atoms with Crippen LogP contribution in [0.25, 0.3) is 0 Å². The Balaban J connectivity index is 3.16. The minimum atomic E-state index is 0.486. The van der Waals surface area contributed by atoms with E-state index in [1.54, 1.807) is 0 Å². The first kappa shape index (κ1) is 10.4. The van der Waals surface area contributed by atoms with Crippen LogP contribution in [0.3, 0.4) is 0 Å². The first-order valence-corrected chi connectivity index (χ1v) is 4.42. The SMILES string of the molecule is CCC(CC)CCNCC#N. The second-order valence-electron chi connectivity index (χ2n) is 2.81. The standard InChI is InChI=1S/C9H18N2/c1-3-9(4-2)5-7-11-8-6-10/h9,11H,3-5,7-8H2,1-2H3. The summed E-state index contributed by atoms with van der Waals surface area (Å²) >= 11 is 0. The monoisotopic (exact) mass is 154 g/mol. The molecule has 0 aromatic rings. The fraction of sp³-hybridized carbons (Fsp3) is 0.889. The molecule has 0 aromatic carbocycles. The highest BCUT2D eigenvalue weighted by Crippen LogP contribution is 2.10. The van der Waals surface area contributed by atoms with E-state index in [-0.39, 0.29) is 0 Å². The lowest BCUT2D eigenvalue weighted by atomic mass is 10.00. The molecule has 0 atom stereocenters. The maximum absolute atomic E-state index is 8.23. The Hall–Kier alpha value is -0.550. The molecule has 0 rings (SSSR count). The lowest BCUT2D eigenvalue weighted by molar-refractivity contribution is 0.444. The van der Waals surface area contributed by atoms with Crippen molar-refractivity contribution in [2.24, 2.45) is 5.92 Å². The van der Waals surface area contributed by atoms with Crippen LogP contribution in [-0.4, -0.2) is 13.1 Å². The van der Waals surface area contributed by atoms with Gasteiger partial charge in [-0.1, -0.05) is 26.7 Å². The summed E-state index contributed by atoms with van der Waals surface area (Å²) in [5.41, 5.74) is 0. The Labute approximate surface area is 69.6 Å². The van der Waals surface area contributed by atoms with Crippen molar-refractivity contribution >= 4 is 0 Å². The van der Waals surface area contributed by atoms with E-state index in [2.05, 4.69) is 25.2 Å². The summed E-state index contributed by atoms with van der Waals surface area (Å²) in [5, 5.41) is 11.3. The van der Waals surface area contributed by atoms with Crippen LogP contribution in [-0.2, 0) is 0 Å².